The third-order valence-electron chi connectivity index (χ3n) is 4.00. The minimum atomic E-state index is -0.928. The Bertz CT molecular complexity index is 814. The number of hydrogen-bond acceptors (Lipinski definition) is 4. The molecule has 0 saturated heterocycles. The molecule has 0 fully saturated rings. The second-order valence-corrected chi connectivity index (χ2v) is 5.94. The fourth-order valence-electron chi connectivity index (χ4n) is 2.75. The topological polar surface area (TPSA) is 81.1 Å². The molecule has 1 heterocycles. The number of carbonyl (C=O) groups is 2. The Labute approximate surface area is 145 Å². The molecule has 0 spiro atoms. The number of hydrogen-bond donors (Lipinski definition) is 2. The molecule has 0 unspecified atom stereocenters. The molecule has 0 bridgehead atoms. The fraction of sp³-hybridized carbons (Fsp3) is 0.158. The van der Waals surface area contributed by atoms with Gasteiger partial charge in [0.2, 0.25) is 0 Å². The molecule has 0 saturated carbocycles. The van der Waals surface area contributed by atoms with Crippen molar-refractivity contribution >= 4 is 11.9 Å². The van der Waals surface area contributed by atoms with Gasteiger partial charge < -0.3 is 20.0 Å². The van der Waals surface area contributed by atoms with Crippen LogP contribution in [0.5, 0.6) is 0 Å². The van der Waals surface area contributed by atoms with E-state index in [1.54, 1.807) is 30.3 Å². The first-order valence-corrected chi connectivity index (χ1v) is 7.82. The molecular formula is C19H18N2O4. The molecule has 6 nitrogen and oxygen atoms in total. The largest absolute Gasteiger partial charge is 0.478 e. The molecular weight excluding hydrogens is 320 g/mol. The van der Waals surface area contributed by atoms with Crippen LogP contribution in [-0.4, -0.2) is 38.6 Å². The average Bonchev–Trinajstić information content (AvgIpc) is 3.02. The van der Waals surface area contributed by atoms with Crippen molar-refractivity contribution in [2.75, 3.05) is 6.67 Å². The standard InChI is InChI=1S/C19H18N2O4/c22-18(23)16-6-4-14(5-7-16)11-20-8-9-21(13-20)12-15-2-1-3-17(10-15)19(24)25/h1-10H,11-13H2,(H,22,23)(H,24,25). The summed E-state index contributed by atoms with van der Waals surface area (Å²) in [6, 6.07) is 13.8. The van der Waals surface area contributed by atoms with Gasteiger partial charge in [0.1, 0.15) is 0 Å². The Kier molecular flexibility index (Phi) is 4.70. The van der Waals surface area contributed by atoms with Gasteiger partial charge in [-0.3, -0.25) is 0 Å². The van der Waals surface area contributed by atoms with Gasteiger partial charge in [-0.2, -0.15) is 0 Å². The van der Waals surface area contributed by atoms with Crippen LogP contribution in [0.4, 0.5) is 0 Å². The summed E-state index contributed by atoms with van der Waals surface area (Å²) in [4.78, 5) is 26.1. The lowest BCUT2D eigenvalue weighted by Crippen LogP contribution is -2.24. The van der Waals surface area contributed by atoms with E-state index in [0.717, 1.165) is 11.1 Å². The van der Waals surface area contributed by atoms with Crippen LogP contribution >= 0.6 is 0 Å². The van der Waals surface area contributed by atoms with Gasteiger partial charge in [-0.1, -0.05) is 24.3 Å². The van der Waals surface area contributed by atoms with Gasteiger partial charge in [-0.25, -0.2) is 9.59 Å². The molecule has 6 heteroatoms. The zero-order valence-corrected chi connectivity index (χ0v) is 13.5. The molecule has 25 heavy (non-hydrogen) atoms. The van der Waals surface area contributed by atoms with Crippen LogP contribution in [0, 0.1) is 0 Å². The molecule has 0 aliphatic carbocycles. The molecule has 0 atom stereocenters. The summed E-state index contributed by atoms with van der Waals surface area (Å²) < 4.78 is 0. The summed E-state index contributed by atoms with van der Waals surface area (Å²) >= 11 is 0. The molecule has 2 aromatic rings. The highest BCUT2D eigenvalue weighted by atomic mass is 16.4. The smallest absolute Gasteiger partial charge is 0.335 e. The zero-order chi connectivity index (χ0) is 17.8. The maximum absolute atomic E-state index is 11.0. The van der Waals surface area contributed by atoms with Crippen LogP contribution < -0.4 is 0 Å². The predicted octanol–water partition coefficient (Wildman–Crippen LogP) is 2.83. The van der Waals surface area contributed by atoms with Crippen molar-refractivity contribution in [2.24, 2.45) is 0 Å². The lowest BCUT2D eigenvalue weighted by Gasteiger charge is -2.21. The number of rotatable bonds is 6. The Morgan fingerprint density at radius 3 is 2.00 bits per heavy atom. The van der Waals surface area contributed by atoms with Gasteiger partial charge in [0.15, 0.2) is 0 Å². The fourth-order valence-corrected chi connectivity index (χ4v) is 2.75. The average molecular weight is 338 g/mol. The van der Waals surface area contributed by atoms with E-state index in [1.165, 1.54) is 0 Å². The van der Waals surface area contributed by atoms with Crippen molar-refractivity contribution in [3.63, 3.8) is 0 Å². The molecule has 0 radical (unpaired) electrons. The van der Waals surface area contributed by atoms with Crippen LogP contribution in [0.25, 0.3) is 0 Å². The van der Waals surface area contributed by atoms with Crippen molar-refractivity contribution in [1.29, 1.82) is 0 Å². The maximum atomic E-state index is 11.0. The highest BCUT2D eigenvalue weighted by Gasteiger charge is 2.14. The quantitative estimate of drug-likeness (QED) is 0.843. The number of carboxylic acids is 2. The molecule has 0 aromatic heterocycles. The first-order chi connectivity index (χ1) is 12.0. The van der Waals surface area contributed by atoms with Gasteiger partial charge in [0.05, 0.1) is 17.8 Å². The Morgan fingerprint density at radius 2 is 1.40 bits per heavy atom. The summed E-state index contributed by atoms with van der Waals surface area (Å²) in [5, 5.41) is 18.0. The van der Waals surface area contributed by atoms with E-state index in [0.29, 0.717) is 19.8 Å². The van der Waals surface area contributed by atoms with E-state index in [2.05, 4.69) is 9.80 Å². The van der Waals surface area contributed by atoms with E-state index < -0.39 is 11.9 Å². The highest BCUT2D eigenvalue weighted by Crippen LogP contribution is 2.16. The van der Waals surface area contributed by atoms with Gasteiger partial charge >= 0.3 is 11.9 Å². The summed E-state index contributed by atoms with van der Waals surface area (Å²) in [6.07, 6.45) is 3.95. The molecule has 3 rings (SSSR count). The molecule has 2 aromatic carbocycles. The van der Waals surface area contributed by atoms with Crippen LogP contribution in [-0.2, 0) is 13.1 Å². The van der Waals surface area contributed by atoms with Crippen LogP contribution in [0.15, 0.2) is 60.9 Å². The van der Waals surface area contributed by atoms with Gasteiger partial charge in [0, 0.05) is 25.5 Å². The molecule has 0 amide bonds. The third-order valence-corrected chi connectivity index (χ3v) is 4.00. The first kappa shape index (κ1) is 16.6. The normalized spacial score (nSPS) is 13.3. The van der Waals surface area contributed by atoms with E-state index in [4.69, 9.17) is 10.2 Å². The lowest BCUT2D eigenvalue weighted by atomic mass is 10.1. The van der Waals surface area contributed by atoms with E-state index in [9.17, 15) is 9.59 Å². The van der Waals surface area contributed by atoms with Crippen molar-refractivity contribution < 1.29 is 19.8 Å². The maximum Gasteiger partial charge on any atom is 0.335 e. The van der Waals surface area contributed by atoms with Gasteiger partial charge in [-0.15, -0.1) is 0 Å². The Balaban J connectivity index is 1.57. The van der Waals surface area contributed by atoms with Gasteiger partial charge in [0.25, 0.3) is 0 Å². The third kappa shape index (κ3) is 4.17. The summed E-state index contributed by atoms with van der Waals surface area (Å²) in [5.41, 5.74) is 2.54. The van der Waals surface area contributed by atoms with E-state index in [1.807, 2.05) is 30.6 Å². The van der Waals surface area contributed by atoms with E-state index in [-0.39, 0.29) is 11.1 Å². The summed E-state index contributed by atoms with van der Waals surface area (Å²) in [7, 11) is 0. The Hall–Kier alpha value is -3.28. The van der Waals surface area contributed by atoms with Gasteiger partial charge in [-0.05, 0) is 35.4 Å². The van der Waals surface area contributed by atoms with Crippen molar-refractivity contribution in [1.82, 2.24) is 9.80 Å². The number of nitrogens with zero attached hydrogens (tertiary/aromatic N) is 2. The predicted molar refractivity (Wildman–Crippen MR) is 91.9 cm³/mol. The minimum absolute atomic E-state index is 0.278. The second kappa shape index (κ2) is 7.09. The van der Waals surface area contributed by atoms with Crippen LogP contribution in [0.3, 0.4) is 0 Å². The van der Waals surface area contributed by atoms with Crippen molar-refractivity contribution in [3.8, 4) is 0 Å². The lowest BCUT2D eigenvalue weighted by molar-refractivity contribution is 0.0686. The molecule has 128 valence electrons. The van der Waals surface area contributed by atoms with Crippen molar-refractivity contribution in [3.05, 3.63) is 83.2 Å². The molecule has 1 aliphatic heterocycles. The summed E-state index contributed by atoms with van der Waals surface area (Å²) in [6.45, 7) is 2.01. The van der Waals surface area contributed by atoms with Crippen LogP contribution in [0.1, 0.15) is 31.8 Å². The number of benzene rings is 2. The van der Waals surface area contributed by atoms with Crippen molar-refractivity contribution in [2.45, 2.75) is 13.1 Å². The monoisotopic (exact) mass is 338 g/mol. The number of carboxylic acid groups (broad SMARTS) is 2. The number of aromatic carboxylic acids is 2. The molecule has 1 aliphatic rings. The summed E-state index contributed by atoms with van der Waals surface area (Å²) in [5.74, 6) is -1.85. The molecule has 2 N–H and O–H groups in total. The zero-order valence-electron chi connectivity index (χ0n) is 13.5. The van der Waals surface area contributed by atoms with E-state index >= 15 is 0 Å². The Morgan fingerprint density at radius 1 is 0.800 bits per heavy atom. The SMILES string of the molecule is O=C(O)c1ccc(CN2C=CN(Cc3cccc(C(=O)O)c3)C2)cc1. The second-order valence-electron chi connectivity index (χ2n) is 5.94. The first-order valence-electron chi connectivity index (χ1n) is 7.82. The highest BCUT2D eigenvalue weighted by molar-refractivity contribution is 5.88. The minimum Gasteiger partial charge on any atom is -0.478 e. The van der Waals surface area contributed by atoms with Crippen LogP contribution in [0.2, 0.25) is 0 Å².